The fourth-order valence-corrected chi connectivity index (χ4v) is 2.31. The summed E-state index contributed by atoms with van der Waals surface area (Å²) >= 11 is 0. The second-order valence-electron chi connectivity index (χ2n) is 5.00. The molecule has 0 radical (unpaired) electrons. The van der Waals surface area contributed by atoms with E-state index in [4.69, 9.17) is 0 Å². The molecule has 0 fully saturated rings. The molecule has 1 aromatic carbocycles. The lowest BCUT2D eigenvalue weighted by Gasteiger charge is -2.07. The van der Waals surface area contributed by atoms with Gasteiger partial charge in [-0.05, 0) is 24.6 Å². The summed E-state index contributed by atoms with van der Waals surface area (Å²) in [5.41, 5.74) is 3.67. The lowest BCUT2D eigenvalue weighted by Crippen LogP contribution is -2.12. The number of aryl methyl sites for hydroxylation is 2. The fraction of sp³-hybridized carbons (Fsp3) is 0.438. The summed E-state index contributed by atoms with van der Waals surface area (Å²) < 4.78 is 15.9. The third-order valence-corrected chi connectivity index (χ3v) is 3.32. The van der Waals surface area contributed by atoms with Gasteiger partial charge in [-0.2, -0.15) is 5.10 Å². The number of nitrogens with zero attached hydrogens (tertiary/aromatic N) is 2. The number of rotatable bonds is 6. The molecule has 2 aromatic rings. The highest BCUT2D eigenvalue weighted by Gasteiger charge is 2.11. The van der Waals surface area contributed by atoms with Crippen molar-refractivity contribution in [3.63, 3.8) is 0 Å². The van der Waals surface area contributed by atoms with E-state index < -0.39 is 0 Å². The first-order chi connectivity index (χ1) is 9.65. The van der Waals surface area contributed by atoms with Crippen LogP contribution in [0.2, 0.25) is 0 Å². The maximum absolute atomic E-state index is 14.1. The highest BCUT2D eigenvalue weighted by Crippen LogP contribution is 2.25. The minimum Gasteiger partial charge on any atom is -0.313 e. The van der Waals surface area contributed by atoms with E-state index in [0.717, 1.165) is 36.2 Å². The summed E-state index contributed by atoms with van der Waals surface area (Å²) in [7, 11) is 1.90. The van der Waals surface area contributed by atoms with Crippen LogP contribution in [0.5, 0.6) is 0 Å². The van der Waals surface area contributed by atoms with Crippen molar-refractivity contribution in [2.24, 2.45) is 7.05 Å². The van der Waals surface area contributed by atoms with Crippen molar-refractivity contribution >= 4 is 0 Å². The lowest BCUT2D eigenvalue weighted by atomic mass is 10.0. The molecular formula is C16H22FN3. The summed E-state index contributed by atoms with van der Waals surface area (Å²) in [5.74, 6) is -0.158. The molecule has 108 valence electrons. The van der Waals surface area contributed by atoms with Crippen LogP contribution in [0, 0.1) is 5.82 Å². The molecule has 20 heavy (non-hydrogen) atoms. The highest BCUT2D eigenvalue weighted by atomic mass is 19.1. The smallest absolute Gasteiger partial charge is 0.128 e. The van der Waals surface area contributed by atoms with Gasteiger partial charge in [0.1, 0.15) is 5.82 Å². The van der Waals surface area contributed by atoms with Crippen LogP contribution in [0.15, 0.2) is 24.4 Å². The van der Waals surface area contributed by atoms with Gasteiger partial charge in [0, 0.05) is 30.9 Å². The molecular weight excluding hydrogens is 253 g/mol. The van der Waals surface area contributed by atoms with Crippen LogP contribution in [0.4, 0.5) is 4.39 Å². The van der Waals surface area contributed by atoms with Gasteiger partial charge in [0.2, 0.25) is 0 Å². The number of hydrogen-bond acceptors (Lipinski definition) is 2. The standard InChI is InChI=1S/C16H22FN3/c1-4-6-16-14(11-20(3)19-16)12-7-8-13(10-18-5-2)15(17)9-12/h7-9,11,18H,4-6,10H2,1-3H3. The topological polar surface area (TPSA) is 29.9 Å². The largest absolute Gasteiger partial charge is 0.313 e. The van der Waals surface area contributed by atoms with E-state index >= 15 is 0 Å². The van der Waals surface area contributed by atoms with Crippen molar-refractivity contribution in [3.8, 4) is 11.1 Å². The molecule has 0 saturated heterocycles. The third-order valence-electron chi connectivity index (χ3n) is 3.32. The van der Waals surface area contributed by atoms with Crippen molar-refractivity contribution in [1.82, 2.24) is 15.1 Å². The summed E-state index contributed by atoms with van der Waals surface area (Å²) in [6.45, 7) is 5.54. The molecule has 0 aliphatic rings. The van der Waals surface area contributed by atoms with E-state index in [2.05, 4.69) is 17.3 Å². The summed E-state index contributed by atoms with van der Waals surface area (Å²) in [5, 5.41) is 7.60. The zero-order valence-electron chi connectivity index (χ0n) is 12.4. The molecule has 4 heteroatoms. The van der Waals surface area contributed by atoms with E-state index in [-0.39, 0.29) is 5.82 Å². The number of nitrogens with one attached hydrogen (secondary N) is 1. The zero-order chi connectivity index (χ0) is 14.5. The Kier molecular flexibility index (Phi) is 4.90. The molecule has 0 atom stereocenters. The SMILES string of the molecule is CCCc1nn(C)cc1-c1ccc(CNCC)c(F)c1. The van der Waals surface area contributed by atoms with Crippen molar-refractivity contribution in [2.45, 2.75) is 33.2 Å². The number of halogens is 1. The second kappa shape index (κ2) is 6.66. The van der Waals surface area contributed by atoms with Crippen molar-refractivity contribution in [1.29, 1.82) is 0 Å². The van der Waals surface area contributed by atoms with Gasteiger partial charge in [0.15, 0.2) is 0 Å². The Morgan fingerprint density at radius 2 is 2.10 bits per heavy atom. The van der Waals surface area contributed by atoms with Gasteiger partial charge in [-0.1, -0.05) is 32.4 Å². The van der Waals surface area contributed by atoms with Crippen LogP contribution in [0.3, 0.4) is 0 Å². The maximum atomic E-state index is 14.1. The minimum atomic E-state index is -0.158. The van der Waals surface area contributed by atoms with Crippen molar-refractivity contribution in [2.75, 3.05) is 6.54 Å². The van der Waals surface area contributed by atoms with Crippen LogP contribution in [0.1, 0.15) is 31.5 Å². The molecule has 0 saturated carbocycles. The number of benzene rings is 1. The Labute approximate surface area is 119 Å². The first kappa shape index (κ1) is 14.7. The molecule has 0 aliphatic carbocycles. The fourth-order valence-electron chi connectivity index (χ4n) is 2.31. The number of hydrogen-bond donors (Lipinski definition) is 1. The van der Waals surface area contributed by atoms with Gasteiger partial charge in [0.25, 0.3) is 0 Å². The third kappa shape index (κ3) is 3.25. The molecule has 2 rings (SSSR count). The molecule has 3 nitrogen and oxygen atoms in total. The Hall–Kier alpha value is -1.68. The van der Waals surface area contributed by atoms with Gasteiger partial charge in [-0.25, -0.2) is 4.39 Å². The minimum absolute atomic E-state index is 0.158. The Morgan fingerprint density at radius 1 is 1.30 bits per heavy atom. The summed E-state index contributed by atoms with van der Waals surface area (Å²) in [6, 6.07) is 5.45. The lowest BCUT2D eigenvalue weighted by molar-refractivity contribution is 0.594. The van der Waals surface area contributed by atoms with E-state index in [1.807, 2.05) is 32.3 Å². The molecule has 1 aromatic heterocycles. The van der Waals surface area contributed by atoms with Gasteiger partial charge < -0.3 is 5.32 Å². The molecule has 0 aliphatic heterocycles. The summed E-state index contributed by atoms with van der Waals surface area (Å²) in [4.78, 5) is 0. The van der Waals surface area contributed by atoms with Crippen LogP contribution in [-0.4, -0.2) is 16.3 Å². The Bertz CT molecular complexity index is 575. The van der Waals surface area contributed by atoms with Crippen LogP contribution >= 0.6 is 0 Å². The van der Waals surface area contributed by atoms with E-state index in [1.165, 1.54) is 0 Å². The maximum Gasteiger partial charge on any atom is 0.128 e. The first-order valence-electron chi connectivity index (χ1n) is 7.17. The van der Waals surface area contributed by atoms with Gasteiger partial charge in [-0.3, -0.25) is 4.68 Å². The Balaban J connectivity index is 2.31. The average molecular weight is 275 g/mol. The molecule has 0 bridgehead atoms. The van der Waals surface area contributed by atoms with Gasteiger partial charge in [-0.15, -0.1) is 0 Å². The zero-order valence-corrected chi connectivity index (χ0v) is 12.4. The van der Waals surface area contributed by atoms with E-state index in [9.17, 15) is 4.39 Å². The first-order valence-corrected chi connectivity index (χ1v) is 7.17. The highest BCUT2D eigenvalue weighted by molar-refractivity contribution is 5.65. The number of aromatic nitrogens is 2. The van der Waals surface area contributed by atoms with Crippen LogP contribution < -0.4 is 5.32 Å². The van der Waals surface area contributed by atoms with Gasteiger partial charge >= 0.3 is 0 Å². The molecule has 0 spiro atoms. The normalized spacial score (nSPS) is 11.0. The van der Waals surface area contributed by atoms with Crippen molar-refractivity contribution < 1.29 is 4.39 Å². The van der Waals surface area contributed by atoms with E-state index in [0.29, 0.717) is 12.1 Å². The molecule has 1 heterocycles. The van der Waals surface area contributed by atoms with Crippen LogP contribution in [-0.2, 0) is 20.0 Å². The summed E-state index contributed by atoms with van der Waals surface area (Å²) in [6.07, 6.45) is 3.91. The molecule has 0 amide bonds. The predicted molar refractivity (Wildman–Crippen MR) is 80.0 cm³/mol. The van der Waals surface area contributed by atoms with Crippen molar-refractivity contribution in [3.05, 3.63) is 41.5 Å². The quantitative estimate of drug-likeness (QED) is 0.876. The van der Waals surface area contributed by atoms with Crippen LogP contribution in [0.25, 0.3) is 11.1 Å². The average Bonchev–Trinajstić information content (AvgIpc) is 2.79. The van der Waals surface area contributed by atoms with E-state index in [1.54, 1.807) is 10.7 Å². The van der Waals surface area contributed by atoms with Gasteiger partial charge in [0.05, 0.1) is 5.69 Å². The molecule has 1 N–H and O–H groups in total. The molecule has 0 unspecified atom stereocenters. The monoisotopic (exact) mass is 275 g/mol. The second-order valence-corrected chi connectivity index (χ2v) is 5.00. The predicted octanol–water partition coefficient (Wildman–Crippen LogP) is 3.29. The Morgan fingerprint density at radius 3 is 2.75 bits per heavy atom.